The number of aryl methyl sites for hydroxylation is 3. The highest BCUT2D eigenvalue weighted by atomic mass is 32.2. The fourth-order valence-electron chi connectivity index (χ4n) is 5.29. The summed E-state index contributed by atoms with van der Waals surface area (Å²) in [6.07, 6.45) is 9.13. The molecule has 5 rings (SSSR count). The monoisotopic (exact) mass is 592 g/mol. The highest BCUT2D eigenvalue weighted by molar-refractivity contribution is 8.05. The summed E-state index contributed by atoms with van der Waals surface area (Å²) >= 11 is 4.72. The van der Waals surface area contributed by atoms with Gasteiger partial charge in [0.2, 0.25) is 5.91 Å². The van der Waals surface area contributed by atoms with Gasteiger partial charge in [-0.3, -0.25) is 14.2 Å². The number of aromatic nitrogens is 4. The molecule has 210 valence electrons. The maximum atomic E-state index is 14.0. The van der Waals surface area contributed by atoms with E-state index in [0.717, 1.165) is 75.2 Å². The van der Waals surface area contributed by atoms with Gasteiger partial charge in [-0.1, -0.05) is 52.7 Å². The van der Waals surface area contributed by atoms with E-state index >= 15 is 0 Å². The lowest BCUT2D eigenvalue weighted by Gasteiger charge is -2.20. The third-order valence-corrected chi connectivity index (χ3v) is 10.5. The molecular formula is C31H36N4O2S3. The summed E-state index contributed by atoms with van der Waals surface area (Å²) in [6.45, 7) is 12.4. The van der Waals surface area contributed by atoms with Gasteiger partial charge in [0.1, 0.15) is 21.3 Å². The van der Waals surface area contributed by atoms with E-state index in [-0.39, 0.29) is 11.8 Å². The molecule has 4 aromatic rings. The van der Waals surface area contributed by atoms with E-state index < -0.39 is 5.25 Å². The fraction of sp³-hybridized carbons (Fsp3) is 0.419. The molecular weight excluding hydrogens is 557 g/mol. The number of allylic oxidation sites excluding steroid dienone is 6. The average molecular weight is 593 g/mol. The van der Waals surface area contributed by atoms with Crippen molar-refractivity contribution in [2.75, 3.05) is 0 Å². The number of carbonyl (C=O) groups is 2. The number of aldehydes is 1. The smallest absolute Gasteiger partial charge is 0.246 e. The van der Waals surface area contributed by atoms with Crippen LogP contribution in [0.4, 0.5) is 0 Å². The van der Waals surface area contributed by atoms with Crippen molar-refractivity contribution in [1.82, 2.24) is 19.1 Å². The second kappa shape index (κ2) is 11.6. The molecule has 1 unspecified atom stereocenters. The summed E-state index contributed by atoms with van der Waals surface area (Å²) in [5.74, 6) is 1.45. The van der Waals surface area contributed by atoms with Gasteiger partial charge < -0.3 is 4.57 Å². The van der Waals surface area contributed by atoms with Gasteiger partial charge in [0.15, 0.2) is 6.29 Å². The summed E-state index contributed by atoms with van der Waals surface area (Å²) in [7, 11) is 2.04. The first-order valence-corrected chi connectivity index (χ1v) is 16.5. The Balaban J connectivity index is 1.75. The van der Waals surface area contributed by atoms with Crippen LogP contribution in [-0.4, -0.2) is 36.5 Å². The Hall–Kier alpha value is -2.75. The number of hydrogen-bond donors (Lipinski definition) is 0. The number of rotatable bonds is 7. The minimum absolute atomic E-state index is 0.0401. The summed E-state index contributed by atoms with van der Waals surface area (Å²) in [6, 6.07) is 4.34. The summed E-state index contributed by atoms with van der Waals surface area (Å²) in [5, 5.41) is -0.478. The zero-order valence-electron chi connectivity index (χ0n) is 24.2. The Morgan fingerprint density at radius 2 is 1.57 bits per heavy atom. The molecule has 0 spiro atoms. The molecule has 6 nitrogen and oxygen atoms in total. The lowest BCUT2D eigenvalue weighted by atomic mass is 9.93. The molecule has 1 atom stereocenters. The molecule has 0 radical (unpaired) electrons. The fourth-order valence-corrected chi connectivity index (χ4v) is 8.67. The van der Waals surface area contributed by atoms with Crippen LogP contribution in [0.3, 0.4) is 0 Å². The average Bonchev–Trinajstić information content (AvgIpc) is 3.65. The lowest BCUT2D eigenvalue weighted by Crippen LogP contribution is -2.23. The van der Waals surface area contributed by atoms with Crippen molar-refractivity contribution in [3.8, 4) is 0 Å². The van der Waals surface area contributed by atoms with Gasteiger partial charge >= 0.3 is 0 Å². The molecule has 40 heavy (non-hydrogen) atoms. The van der Waals surface area contributed by atoms with Gasteiger partial charge in [-0.2, -0.15) is 0 Å². The minimum atomic E-state index is -0.478. The second-order valence-electron chi connectivity index (χ2n) is 10.7. The largest absolute Gasteiger partial charge is 0.326 e. The molecule has 1 aliphatic heterocycles. The van der Waals surface area contributed by atoms with Crippen LogP contribution < -0.4 is 0 Å². The molecule has 9 heteroatoms. The molecule has 0 fully saturated rings. The van der Waals surface area contributed by atoms with E-state index in [1.54, 1.807) is 27.2 Å². The van der Waals surface area contributed by atoms with Crippen molar-refractivity contribution in [1.29, 1.82) is 0 Å². The van der Waals surface area contributed by atoms with E-state index in [0.29, 0.717) is 10.7 Å². The van der Waals surface area contributed by atoms with Crippen LogP contribution in [0.2, 0.25) is 0 Å². The van der Waals surface area contributed by atoms with Gasteiger partial charge in [-0.25, -0.2) is 9.97 Å². The van der Waals surface area contributed by atoms with Crippen molar-refractivity contribution in [2.24, 2.45) is 13.0 Å². The third-order valence-electron chi connectivity index (χ3n) is 7.23. The summed E-state index contributed by atoms with van der Waals surface area (Å²) in [4.78, 5) is 41.7. The number of carbonyl (C=O) groups excluding carboxylic acids is 2. The van der Waals surface area contributed by atoms with E-state index in [4.69, 9.17) is 9.97 Å². The SMILES string of the molecule is CCCc1cc2c(nc(C3=C/C=C(\C)c4nc5sc(CCC)cc5n4C(=O)C(C)S\C(C=O)=C\3C(C)C)n2C)s1. The predicted molar refractivity (Wildman–Crippen MR) is 171 cm³/mol. The second-order valence-corrected chi connectivity index (χ2v) is 14.3. The van der Waals surface area contributed by atoms with Crippen molar-refractivity contribution in [3.05, 3.63) is 56.2 Å². The maximum Gasteiger partial charge on any atom is 0.246 e. The first-order chi connectivity index (χ1) is 19.2. The van der Waals surface area contributed by atoms with E-state index in [1.165, 1.54) is 21.5 Å². The van der Waals surface area contributed by atoms with Gasteiger partial charge in [0, 0.05) is 22.4 Å². The molecule has 4 aromatic heterocycles. The first-order valence-electron chi connectivity index (χ1n) is 13.9. The van der Waals surface area contributed by atoms with Crippen molar-refractivity contribution >= 4 is 78.5 Å². The third kappa shape index (κ3) is 5.08. The van der Waals surface area contributed by atoms with Crippen LogP contribution in [0.25, 0.3) is 31.8 Å². The van der Waals surface area contributed by atoms with Crippen LogP contribution in [0.5, 0.6) is 0 Å². The molecule has 0 N–H and O–H groups in total. The minimum Gasteiger partial charge on any atom is -0.326 e. The molecule has 1 aliphatic rings. The number of nitrogens with zero attached hydrogens (tertiary/aromatic N) is 4. The molecule has 5 heterocycles. The van der Waals surface area contributed by atoms with Crippen molar-refractivity contribution < 1.29 is 9.59 Å². The molecule has 0 saturated carbocycles. The summed E-state index contributed by atoms with van der Waals surface area (Å²) < 4.78 is 3.90. The molecule has 0 bridgehead atoms. The predicted octanol–water partition coefficient (Wildman–Crippen LogP) is 8.32. The number of thiophene rings is 2. The topological polar surface area (TPSA) is 69.8 Å². The van der Waals surface area contributed by atoms with Crippen LogP contribution in [0, 0.1) is 5.92 Å². The quantitative estimate of drug-likeness (QED) is 0.202. The zero-order chi connectivity index (χ0) is 28.7. The lowest BCUT2D eigenvalue weighted by molar-refractivity contribution is -0.104. The van der Waals surface area contributed by atoms with Crippen molar-refractivity contribution in [3.63, 3.8) is 0 Å². The maximum absolute atomic E-state index is 14.0. The van der Waals surface area contributed by atoms with Gasteiger partial charge in [-0.15, -0.1) is 34.4 Å². The van der Waals surface area contributed by atoms with E-state index in [2.05, 4.69) is 50.5 Å². The van der Waals surface area contributed by atoms with Gasteiger partial charge in [0.05, 0.1) is 21.2 Å². The van der Waals surface area contributed by atoms with Crippen LogP contribution in [-0.2, 0) is 24.7 Å². The number of fused-ring (bicyclic) bond motifs is 4. The van der Waals surface area contributed by atoms with Crippen LogP contribution in [0.15, 0.2) is 34.8 Å². The highest BCUT2D eigenvalue weighted by Gasteiger charge is 2.29. The first kappa shape index (κ1) is 28.8. The Bertz CT molecular complexity index is 1710. The molecule has 0 aromatic carbocycles. The Kier molecular flexibility index (Phi) is 8.36. The Labute approximate surface area is 247 Å². The van der Waals surface area contributed by atoms with Crippen LogP contribution in [0.1, 0.15) is 80.6 Å². The Morgan fingerprint density at radius 1 is 0.975 bits per heavy atom. The molecule has 0 amide bonds. The molecule has 0 saturated heterocycles. The Morgan fingerprint density at radius 3 is 2.15 bits per heavy atom. The zero-order valence-corrected chi connectivity index (χ0v) is 26.6. The number of imidazole rings is 2. The normalized spacial score (nSPS) is 21.4. The highest BCUT2D eigenvalue weighted by Crippen LogP contribution is 2.40. The standard InChI is InChI=1S/C31H36N4O2S3/c1-8-10-20-14-23-29(39-20)33-28(34(23)7)22-13-12-18(5)27-32-30-24(15-21(40-30)11-9-2)35(27)31(37)19(6)38-25(16-36)26(22)17(3)4/h12-17,19H,8-11H2,1-7H3/b18-12+,22-13+,26-25+. The van der Waals surface area contributed by atoms with Crippen LogP contribution >= 0.6 is 34.4 Å². The van der Waals surface area contributed by atoms with E-state index in [1.807, 2.05) is 27.0 Å². The van der Waals surface area contributed by atoms with Crippen molar-refractivity contribution in [2.45, 2.75) is 72.5 Å². The molecule has 0 aliphatic carbocycles. The number of thioether (sulfide) groups is 1. The van der Waals surface area contributed by atoms with Gasteiger partial charge in [0.25, 0.3) is 0 Å². The number of hydrogen-bond acceptors (Lipinski definition) is 7. The van der Waals surface area contributed by atoms with E-state index in [9.17, 15) is 9.59 Å². The van der Waals surface area contributed by atoms with Gasteiger partial charge in [-0.05, 0) is 55.9 Å². The summed E-state index contributed by atoms with van der Waals surface area (Å²) in [5.41, 5.74) is 4.65.